The largest absolute Gasteiger partial charge is 0.378 e. The summed E-state index contributed by atoms with van der Waals surface area (Å²) in [4.78, 5) is 33.7. The van der Waals surface area contributed by atoms with Gasteiger partial charge in [0.05, 0.1) is 24.9 Å². The van der Waals surface area contributed by atoms with Crippen molar-refractivity contribution in [1.29, 1.82) is 0 Å². The fourth-order valence-electron chi connectivity index (χ4n) is 3.54. The van der Waals surface area contributed by atoms with Crippen molar-refractivity contribution in [2.45, 2.75) is 52.0 Å². The predicted octanol–water partition coefficient (Wildman–Crippen LogP) is 2.78. The lowest BCUT2D eigenvalue weighted by Crippen LogP contribution is -2.49. The zero-order valence-corrected chi connectivity index (χ0v) is 18.2. The second kappa shape index (κ2) is 8.78. The number of likely N-dealkylation sites (tertiary alicyclic amines) is 1. The number of rotatable bonds is 3. The lowest BCUT2D eigenvalue weighted by atomic mass is 9.93. The summed E-state index contributed by atoms with van der Waals surface area (Å²) < 4.78 is 5.32. The van der Waals surface area contributed by atoms with Crippen LogP contribution in [0.25, 0.3) is 0 Å². The third kappa shape index (κ3) is 5.03. The Morgan fingerprint density at radius 3 is 2.39 bits per heavy atom. The van der Waals surface area contributed by atoms with Gasteiger partial charge in [0.1, 0.15) is 5.01 Å². The van der Waals surface area contributed by atoms with E-state index in [0.717, 1.165) is 23.5 Å². The molecular formula is C20H32N4O3S. The molecular weight excluding hydrogens is 376 g/mol. The molecule has 2 aliphatic rings. The van der Waals surface area contributed by atoms with Gasteiger partial charge in [-0.05, 0) is 19.8 Å². The van der Waals surface area contributed by atoms with Crippen LogP contribution in [0, 0.1) is 5.92 Å². The summed E-state index contributed by atoms with van der Waals surface area (Å²) in [6.45, 7) is 12.2. The van der Waals surface area contributed by atoms with Crippen LogP contribution in [0.1, 0.15) is 57.3 Å². The molecule has 1 aromatic rings. The maximum Gasteiger partial charge on any atom is 0.317 e. The Hall–Kier alpha value is -1.67. The lowest BCUT2D eigenvalue weighted by molar-refractivity contribution is -0.141. The normalized spacial score (nSPS) is 20.1. The van der Waals surface area contributed by atoms with Crippen molar-refractivity contribution in [2.75, 3.05) is 39.4 Å². The molecule has 8 heteroatoms. The highest BCUT2D eigenvalue weighted by Crippen LogP contribution is 2.27. The molecule has 2 saturated heterocycles. The molecule has 0 spiro atoms. The summed E-state index contributed by atoms with van der Waals surface area (Å²) in [6.07, 6.45) is 1.45. The van der Waals surface area contributed by atoms with E-state index in [4.69, 9.17) is 9.72 Å². The summed E-state index contributed by atoms with van der Waals surface area (Å²) in [5.74, 6) is 0.238. The minimum atomic E-state index is -0.124. The van der Waals surface area contributed by atoms with Crippen LogP contribution in [0.5, 0.6) is 0 Å². The fourth-order valence-corrected chi connectivity index (χ4v) is 4.59. The number of morpholine rings is 1. The topological polar surface area (TPSA) is 74.8 Å². The van der Waals surface area contributed by atoms with E-state index in [2.05, 4.69) is 31.5 Å². The number of nitrogens with zero attached hydrogens (tertiary/aromatic N) is 3. The quantitative estimate of drug-likeness (QED) is 0.835. The van der Waals surface area contributed by atoms with Gasteiger partial charge in [-0.2, -0.15) is 0 Å². The van der Waals surface area contributed by atoms with Crippen molar-refractivity contribution >= 4 is 23.3 Å². The van der Waals surface area contributed by atoms with Crippen LogP contribution in [0.2, 0.25) is 0 Å². The van der Waals surface area contributed by atoms with Crippen LogP contribution in [-0.4, -0.2) is 66.1 Å². The Balaban J connectivity index is 1.48. The van der Waals surface area contributed by atoms with Gasteiger partial charge in [-0.15, -0.1) is 11.3 Å². The Morgan fingerprint density at radius 1 is 1.18 bits per heavy atom. The van der Waals surface area contributed by atoms with Crippen LogP contribution in [0.15, 0.2) is 5.38 Å². The lowest BCUT2D eigenvalue weighted by Gasteiger charge is -2.35. The molecule has 28 heavy (non-hydrogen) atoms. The first-order valence-corrected chi connectivity index (χ1v) is 11.0. The average molecular weight is 409 g/mol. The van der Waals surface area contributed by atoms with Gasteiger partial charge < -0.3 is 19.9 Å². The number of piperidine rings is 1. The number of ether oxygens (including phenoxy) is 1. The minimum Gasteiger partial charge on any atom is -0.378 e. The van der Waals surface area contributed by atoms with E-state index >= 15 is 0 Å². The third-order valence-corrected chi connectivity index (χ3v) is 6.48. The summed E-state index contributed by atoms with van der Waals surface area (Å²) >= 11 is 1.59. The van der Waals surface area contributed by atoms with Gasteiger partial charge in [-0.25, -0.2) is 9.78 Å². The average Bonchev–Trinajstić information content (AvgIpc) is 3.19. The monoisotopic (exact) mass is 408 g/mol. The first-order chi connectivity index (χ1) is 13.3. The molecule has 0 aromatic carbocycles. The van der Waals surface area contributed by atoms with Crippen molar-refractivity contribution in [1.82, 2.24) is 20.1 Å². The zero-order valence-electron chi connectivity index (χ0n) is 17.4. The molecule has 0 saturated carbocycles. The van der Waals surface area contributed by atoms with Gasteiger partial charge in [0.2, 0.25) is 5.91 Å². The first kappa shape index (κ1) is 21.0. The van der Waals surface area contributed by atoms with E-state index in [0.29, 0.717) is 39.4 Å². The molecule has 2 fully saturated rings. The highest BCUT2D eigenvalue weighted by atomic mass is 32.1. The van der Waals surface area contributed by atoms with Gasteiger partial charge >= 0.3 is 6.03 Å². The molecule has 0 radical (unpaired) electrons. The maximum atomic E-state index is 12.6. The number of hydrogen-bond donors (Lipinski definition) is 1. The highest BCUT2D eigenvalue weighted by Gasteiger charge is 2.31. The van der Waals surface area contributed by atoms with Crippen LogP contribution in [0.4, 0.5) is 4.79 Å². The second-order valence-corrected chi connectivity index (χ2v) is 9.58. The molecule has 2 aliphatic heterocycles. The van der Waals surface area contributed by atoms with Gasteiger partial charge in [0.15, 0.2) is 0 Å². The van der Waals surface area contributed by atoms with Crippen LogP contribution in [-0.2, 0) is 14.9 Å². The SMILES string of the molecule is CC(NC(=O)N1CCC(C(=O)N2CCOCC2)CC1)c1nc(C(C)(C)C)cs1. The van der Waals surface area contributed by atoms with E-state index in [-0.39, 0.29) is 29.3 Å². The van der Waals surface area contributed by atoms with Crippen LogP contribution >= 0.6 is 11.3 Å². The second-order valence-electron chi connectivity index (χ2n) is 8.69. The number of hydrogen-bond acceptors (Lipinski definition) is 5. The Morgan fingerprint density at radius 2 is 1.82 bits per heavy atom. The summed E-state index contributed by atoms with van der Waals surface area (Å²) in [6, 6.07) is -0.196. The van der Waals surface area contributed by atoms with Crippen molar-refractivity contribution in [3.63, 3.8) is 0 Å². The molecule has 0 bridgehead atoms. The summed E-state index contributed by atoms with van der Waals surface area (Å²) in [5, 5.41) is 6.06. The van der Waals surface area contributed by atoms with E-state index in [1.54, 1.807) is 11.3 Å². The molecule has 1 unspecified atom stereocenters. The number of nitrogens with one attached hydrogen (secondary N) is 1. The molecule has 1 N–H and O–H groups in total. The predicted molar refractivity (Wildman–Crippen MR) is 109 cm³/mol. The molecule has 0 aliphatic carbocycles. The summed E-state index contributed by atoms with van der Waals surface area (Å²) in [5.41, 5.74) is 1.06. The molecule has 7 nitrogen and oxygen atoms in total. The van der Waals surface area contributed by atoms with E-state index < -0.39 is 0 Å². The number of urea groups is 1. The first-order valence-electron chi connectivity index (χ1n) is 10.1. The highest BCUT2D eigenvalue weighted by molar-refractivity contribution is 7.09. The number of amides is 3. The van der Waals surface area contributed by atoms with Gasteiger partial charge in [0.25, 0.3) is 0 Å². The number of carbonyl (C=O) groups is 2. The molecule has 1 aromatic heterocycles. The van der Waals surface area contributed by atoms with Gasteiger partial charge in [-0.1, -0.05) is 20.8 Å². The van der Waals surface area contributed by atoms with E-state index in [1.165, 1.54) is 0 Å². The smallest absolute Gasteiger partial charge is 0.317 e. The molecule has 1 atom stereocenters. The molecule has 3 rings (SSSR count). The number of thiazole rings is 1. The molecule has 3 heterocycles. The minimum absolute atomic E-state index is 0.00732. The van der Waals surface area contributed by atoms with Crippen molar-refractivity contribution in [3.8, 4) is 0 Å². The van der Waals surface area contributed by atoms with Crippen molar-refractivity contribution in [3.05, 3.63) is 16.1 Å². The van der Waals surface area contributed by atoms with Crippen molar-refractivity contribution < 1.29 is 14.3 Å². The maximum absolute atomic E-state index is 12.6. The van der Waals surface area contributed by atoms with E-state index in [9.17, 15) is 9.59 Å². The van der Waals surface area contributed by atoms with Gasteiger partial charge in [0, 0.05) is 42.9 Å². The molecule has 3 amide bonds. The zero-order chi connectivity index (χ0) is 20.3. The third-order valence-electron chi connectivity index (χ3n) is 5.45. The fraction of sp³-hybridized carbons (Fsp3) is 0.750. The van der Waals surface area contributed by atoms with Crippen LogP contribution < -0.4 is 5.32 Å². The Kier molecular flexibility index (Phi) is 6.60. The Labute approximate surface area is 171 Å². The van der Waals surface area contributed by atoms with Crippen LogP contribution in [0.3, 0.4) is 0 Å². The number of carbonyl (C=O) groups excluding carboxylic acids is 2. The molecule has 156 valence electrons. The van der Waals surface area contributed by atoms with E-state index in [1.807, 2.05) is 16.7 Å². The van der Waals surface area contributed by atoms with Gasteiger partial charge in [-0.3, -0.25) is 4.79 Å². The standard InChI is InChI=1S/C20H32N4O3S/c1-14(17-22-16(13-28-17)20(2,3)4)21-19(26)24-7-5-15(6-8-24)18(25)23-9-11-27-12-10-23/h13-15H,5-12H2,1-4H3,(H,21,26). The number of aromatic nitrogens is 1. The Bertz CT molecular complexity index is 686. The summed E-state index contributed by atoms with van der Waals surface area (Å²) in [7, 11) is 0. The van der Waals surface area contributed by atoms with Crippen molar-refractivity contribution in [2.24, 2.45) is 5.92 Å².